The fourth-order valence-electron chi connectivity index (χ4n) is 3.75. The van der Waals surface area contributed by atoms with Crippen LogP contribution in [-0.2, 0) is 25.6 Å². The number of guanidine groups is 1. The molecule has 4 atom stereocenters. The number of carboxylic acids is 1. The van der Waals surface area contributed by atoms with E-state index in [9.17, 15) is 29.4 Å². The third kappa shape index (κ3) is 13.5. The molecule has 0 aliphatic rings. The summed E-state index contributed by atoms with van der Waals surface area (Å²) in [5.41, 5.74) is 17.3. The Morgan fingerprint density at radius 2 is 1.50 bits per heavy atom. The number of nitrogens with zero attached hydrogens (tertiary/aromatic N) is 1. The van der Waals surface area contributed by atoms with Gasteiger partial charge in [-0.3, -0.25) is 19.4 Å². The average Bonchev–Trinajstić information content (AvgIpc) is 2.88. The standard InChI is InChI=1S/C26H43N7O6S/c1-15(2)13-20(23(36)31-19(25(38)39)10-12-40-3)33-24(37)21(14-16-6-8-17(34)9-7-16)32-22(35)18(27)5-4-11-30-26(28)29/h6-9,15,18-21,34H,4-5,10-14,27H2,1-3H3,(H,31,36)(H,32,35)(H,33,37)(H,38,39)(H4,28,29,30). The van der Waals surface area contributed by atoms with E-state index in [1.165, 1.54) is 23.9 Å². The Morgan fingerprint density at radius 1 is 0.925 bits per heavy atom. The van der Waals surface area contributed by atoms with Gasteiger partial charge in [-0.15, -0.1) is 0 Å². The molecule has 224 valence electrons. The molecule has 0 aliphatic carbocycles. The van der Waals surface area contributed by atoms with Gasteiger partial charge in [-0.25, -0.2) is 4.79 Å². The van der Waals surface area contributed by atoms with Gasteiger partial charge in [-0.1, -0.05) is 26.0 Å². The van der Waals surface area contributed by atoms with Crippen molar-refractivity contribution in [2.45, 2.75) is 70.1 Å². The summed E-state index contributed by atoms with van der Waals surface area (Å²) in [6.07, 6.45) is 3.07. The monoisotopic (exact) mass is 581 g/mol. The van der Waals surface area contributed by atoms with Crippen LogP contribution in [0.1, 0.15) is 45.1 Å². The number of hydrogen-bond donors (Lipinski definition) is 8. The van der Waals surface area contributed by atoms with Crippen molar-refractivity contribution in [3.63, 3.8) is 0 Å². The quantitative estimate of drug-likeness (QED) is 0.0637. The van der Waals surface area contributed by atoms with Crippen LogP contribution in [0.5, 0.6) is 5.75 Å². The highest BCUT2D eigenvalue weighted by molar-refractivity contribution is 7.98. The minimum Gasteiger partial charge on any atom is -0.508 e. The van der Waals surface area contributed by atoms with Crippen LogP contribution in [0.25, 0.3) is 0 Å². The molecular formula is C26H43N7O6S. The number of nitrogens with two attached hydrogens (primary N) is 3. The second-order valence-electron chi connectivity index (χ2n) is 9.86. The van der Waals surface area contributed by atoms with Crippen molar-refractivity contribution in [2.75, 3.05) is 18.6 Å². The van der Waals surface area contributed by atoms with E-state index >= 15 is 0 Å². The van der Waals surface area contributed by atoms with Crippen molar-refractivity contribution in [1.82, 2.24) is 16.0 Å². The van der Waals surface area contributed by atoms with E-state index in [2.05, 4.69) is 20.9 Å². The highest BCUT2D eigenvalue weighted by atomic mass is 32.2. The maximum absolute atomic E-state index is 13.4. The molecule has 1 aromatic rings. The van der Waals surface area contributed by atoms with Gasteiger partial charge < -0.3 is 43.4 Å². The molecule has 0 bridgehead atoms. The number of phenolic OH excluding ortho intramolecular Hbond substituents is 1. The summed E-state index contributed by atoms with van der Waals surface area (Å²) in [5.74, 6) is -2.49. The number of carboxylic acid groups (broad SMARTS) is 1. The van der Waals surface area contributed by atoms with Crippen LogP contribution in [-0.4, -0.2) is 82.6 Å². The van der Waals surface area contributed by atoms with Crippen molar-refractivity contribution in [3.8, 4) is 5.75 Å². The zero-order valence-electron chi connectivity index (χ0n) is 23.3. The van der Waals surface area contributed by atoms with Crippen molar-refractivity contribution in [1.29, 1.82) is 0 Å². The maximum atomic E-state index is 13.4. The average molecular weight is 582 g/mol. The fraction of sp³-hybridized carbons (Fsp3) is 0.577. The summed E-state index contributed by atoms with van der Waals surface area (Å²) in [6.45, 7) is 4.03. The topological polar surface area (TPSA) is 235 Å². The van der Waals surface area contributed by atoms with Gasteiger partial charge in [0.2, 0.25) is 17.7 Å². The Bertz CT molecular complexity index is 1000. The van der Waals surface area contributed by atoms with E-state index in [0.717, 1.165) is 0 Å². The third-order valence-corrected chi connectivity index (χ3v) is 6.52. The number of benzene rings is 1. The molecule has 0 saturated heterocycles. The van der Waals surface area contributed by atoms with Crippen LogP contribution in [0.15, 0.2) is 29.3 Å². The predicted octanol–water partition coefficient (Wildman–Crippen LogP) is -0.346. The van der Waals surface area contributed by atoms with Crippen LogP contribution in [0.3, 0.4) is 0 Å². The minimum absolute atomic E-state index is 0.00527. The van der Waals surface area contributed by atoms with Gasteiger partial charge in [0.15, 0.2) is 5.96 Å². The lowest BCUT2D eigenvalue weighted by Gasteiger charge is -2.26. The molecule has 0 aromatic heterocycles. The first-order valence-corrected chi connectivity index (χ1v) is 14.4. The molecule has 3 amide bonds. The number of carbonyl (C=O) groups is 4. The van der Waals surface area contributed by atoms with Gasteiger partial charge in [0, 0.05) is 13.0 Å². The summed E-state index contributed by atoms with van der Waals surface area (Å²) in [7, 11) is 0. The van der Waals surface area contributed by atoms with Crippen molar-refractivity contribution in [2.24, 2.45) is 28.1 Å². The molecule has 4 unspecified atom stereocenters. The molecule has 0 aliphatic heterocycles. The molecule has 14 heteroatoms. The zero-order chi connectivity index (χ0) is 30.2. The second-order valence-corrected chi connectivity index (χ2v) is 10.8. The second kappa shape index (κ2) is 17.9. The molecule has 1 rings (SSSR count). The Hall–Kier alpha value is -3.52. The summed E-state index contributed by atoms with van der Waals surface area (Å²) >= 11 is 1.46. The number of aliphatic imine (C=N–C) groups is 1. The van der Waals surface area contributed by atoms with E-state index in [4.69, 9.17) is 17.2 Å². The summed E-state index contributed by atoms with van der Waals surface area (Å²) < 4.78 is 0. The molecular weight excluding hydrogens is 538 g/mol. The van der Waals surface area contributed by atoms with E-state index in [0.29, 0.717) is 24.3 Å². The van der Waals surface area contributed by atoms with Crippen LogP contribution in [0, 0.1) is 5.92 Å². The Kier molecular flexibility index (Phi) is 15.5. The lowest BCUT2D eigenvalue weighted by atomic mass is 10.00. The van der Waals surface area contributed by atoms with Gasteiger partial charge in [-0.2, -0.15) is 11.8 Å². The SMILES string of the molecule is CSCCC(NC(=O)C(CC(C)C)NC(=O)C(Cc1ccc(O)cc1)NC(=O)C(N)CCCN=C(N)N)C(=O)O. The number of phenols is 1. The molecule has 0 spiro atoms. The van der Waals surface area contributed by atoms with Crippen LogP contribution in [0.2, 0.25) is 0 Å². The Balaban J connectivity index is 3.08. The first-order chi connectivity index (χ1) is 18.8. The third-order valence-electron chi connectivity index (χ3n) is 5.88. The molecule has 1 aromatic carbocycles. The number of aromatic hydroxyl groups is 1. The number of amides is 3. The lowest BCUT2D eigenvalue weighted by Crippen LogP contribution is -2.57. The van der Waals surface area contributed by atoms with Crippen molar-refractivity contribution >= 4 is 41.4 Å². The Morgan fingerprint density at radius 3 is 2.05 bits per heavy atom. The van der Waals surface area contributed by atoms with Gasteiger partial charge >= 0.3 is 5.97 Å². The number of hydrogen-bond acceptors (Lipinski definition) is 8. The van der Waals surface area contributed by atoms with Gasteiger partial charge in [0.1, 0.15) is 23.9 Å². The van der Waals surface area contributed by atoms with Crippen LogP contribution < -0.4 is 33.2 Å². The fourth-order valence-corrected chi connectivity index (χ4v) is 4.22. The number of carbonyl (C=O) groups excluding carboxylic acids is 3. The molecule has 40 heavy (non-hydrogen) atoms. The zero-order valence-corrected chi connectivity index (χ0v) is 24.1. The molecule has 0 saturated carbocycles. The molecule has 0 radical (unpaired) electrons. The molecule has 13 nitrogen and oxygen atoms in total. The van der Waals surface area contributed by atoms with Gasteiger partial charge in [0.25, 0.3) is 0 Å². The van der Waals surface area contributed by atoms with Gasteiger partial charge in [0.05, 0.1) is 6.04 Å². The first-order valence-electron chi connectivity index (χ1n) is 13.1. The van der Waals surface area contributed by atoms with Crippen molar-refractivity contribution < 1.29 is 29.4 Å². The first kappa shape index (κ1) is 34.5. The number of aliphatic carboxylic acids is 1. The minimum atomic E-state index is -1.16. The molecule has 0 heterocycles. The molecule has 0 fully saturated rings. The predicted molar refractivity (Wildman–Crippen MR) is 156 cm³/mol. The van der Waals surface area contributed by atoms with Crippen molar-refractivity contribution in [3.05, 3.63) is 29.8 Å². The highest BCUT2D eigenvalue weighted by Gasteiger charge is 2.30. The summed E-state index contributed by atoms with van der Waals surface area (Å²) in [6, 6.07) is 1.96. The van der Waals surface area contributed by atoms with Crippen LogP contribution >= 0.6 is 11.8 Å². The summed E-state index contributed by atoms with van der Waals surface area (Å²) in [5, 5.41) is 27.0. The maximum Gasteiger partial charge on any atom is 0.326 e. The summed E-state index contributed by atoms with van der Waals surface area (Å²) in [4.78, 5) is 54.9. The van der Waals surface area contributed by atoms with E-state index < -0.39 is 47.9 Å². The van der Waals surface area contributed by atoms with E-state index in [1.807, 2.05) is 20.1 Å². The molecule has 11 N–H and O–H groups in total. The normalized spacial score (nSPS) is 13.9. The van der Waals surface area contributed by atoms with Crippen LogP contribution in [0.4, 0.5) is 0 Å². The number of thioether (sulfide) groups is 1. The largest absolute Gasteiger partial charge is 0.508 e. The van der Waals surface area contributed by atoms with Gasteiger partial charge in [-0.05, 0) is 61.3 Å². The van der Waals surface area contributed by atoms with E-state index in [1.54, 1.807) is 12.1 Å². The smallest absolute Gasteiger partial charge is 0.326 e. The highest BCUT2D eigenvalue weighted by Crippen LogP contribution is 2.13. The number of rotatable bonds is 18. The lowest BCUT2D eigenvalue weighted by molar-refractivity contribution is -0.142. The van der Waals surface area contributed by atoms with E-state index in [-0.39, 0.29) is 43.3 Å². The number of nitrogens with one attached hydrogen (secondary N) is 3. The Labute approximate surface area is 239 Å².